The van der Waals surface area contributed by atoms with Crippen LogP contribution in [0.5, 0.6) is 5.75 Å². The van der Waals surface area contributed by atoms with Crippen molar-refractivity contribution >= 4 is 23.1 Å². The van der Waals surface area contributed by atoms with E-state index in [1.807, 2.05) is 29.7 Å². The highest BCUT2D eigenvalue weighted by atomic mass is 16.6. The summed E-state index contributed by atoms with van der Waals surface area (Å²) in [5, 5.41) is 1.01. The number of aromatic nitrogens is 1. The number of piperazine rings is 1. The first-order chi connectivity index (χ1) is 17.5. The number of carbonyl (C=O) groups is 2. The average Bonchev–Trinajstić information content (AvgIpc) is 3.15. The van der Waals surface area contributed by atoms with Gasteiger partial charge in [-0.3, -0.25) is 4.90 Å². The number of rotatable bonds is 3. The average molecular weight is 495 g/mol. The number of nitrogens with zero attached hydrogens (tertiary/aromatic N) is 4. The van der Waals surface area contributed by atoms with E-state index in [9.17, 15) is 9.59 Å². The van der Waals surface area contributed by atoms with Crippen molar-refractivity contribution in [2.45, 2.75) is 51.5 Å². The van der Waals surface area contributed by atoms with E-state index in [4.69, 9.17) is 9.47 Å². The summed E-state index contributed by atoms with van der Waals surface area (Å²) in [5.74, 6) is 2.22. The summed E-state index contributed by atoms with van der Waals surface area (Å²) in [6.07, 6.45) is 3.90. The van der Waals surface area contributed by atoms with E-state index in [1.165, 1.54) is 24.9 Å². The Morgan fingerprint density at radius 2 is 1.83 bits per heavy atom. The van der Waals surface area contributed by atoms with Gasteiger partial charge in [-0.25, -0.2) is 14.2 Å². The number of hydrogen-bond donors (Lipinski definition) is 0. The van der Waals surface area contributed by atoms with Gasteiger partial charge in [-0.1, -0.05) is 13.3 Å². The van der Waals surface area contributed by atoms with Crippen LogP contribution in [-0.2, 0) is 11.2 Å². The van der Waals surface area contributed by atoms with Crippen LogP contribution in [0.25, 0.3) is 10.9 Å². The third kappa shape index (κ3) is 3.89. The van der Waals surface area contributed by atoms with Gasteiger partial charge >= 0.3 is 12.2 Å². The van der Waals surface area contributed by atoms with Crippen molar-refractivity contribution in [1.82, 2.24) is 19.3 Å². The maximum absolute atomic E-state index is 13.3. The van der Waals surface area contributed by atoms with Gasteiger partial charge in [0.05, 0.1) is 12.1 Å². The fourth-order valence-corrected chi connectivity index (χ4v) is 7.43. The molecule has 1 aromatic heterocycles. The molecule has 1 aliphatic carbocycles. The van der Waals surface area contributed by atoms with E-state index >= 15 is 0 Å². The SMILES string of the molecule is CCOC(=O)n1c2c(c3cc(OC(=O)N4CCN(C)CC4)ccc31)CCN1C[C@H]3C[C@H](CC)C1[C@H]2C3. The first-order valence-electron chi connectivity index (χ1n) is 13.7. The van der Waals surface area contributed by atoms with Crippen LogP contribution >= 0.6 is 0 Å². The van der Waals surface area contributed by atoms with E-state index < -0.39 is 0 Å². The quantitative estimate of drug-likeness (QED) is 0.639. The van der Waals surface area contributed by atoms with Crippen LogP contribution < -0.4 is 4.74 Å². The van der Waals surface area contributed by atoms with E-state index in [1.54, 1.807) is 4.90 Å². The second-order valence-corrected chi connectivity index (χ2v) is 11.1. The molecular formula is C28H38N4O4. The number of ether oxygens (including phenoxy) is 2. The van der Waals surface area contributed by atoms with Gasteiger partial charge in [-0.2, -0.15) is 0 Å². The Kier molecular flexibility index (Phi) is 6.20. The van der Waals surface area contributed by atoms with Gasteiger partial charge in [0.25, 0.3) is 0 Å². The molecule has 8 nitrogen and oxygen atoms in total. The van der Waals surface area contributed by atoms with Gasteiger partial charge in [0.15, 0.2) is 0 Å². The van der Waals surface area contributed by atoms with E-state index in [0.29, 0.717) is 49.2 Å². The van der Waals surface area contributed by atoms with Gasteiger partial charge < -0.3 is 19.3 Å². The molecule has 1 aromatic carbocycles. The highest BCUT2D eigenvalue weighted by Crippen LogP contribution is 2.52. The Morgan fingerprint density at radius 3 is 2.58 bits per heavy atom. The fourth-order valence-electron chi connectivity index (χ4n) is 7.43. The molecule has 8 heteroatoms. The van der Waals surface area contributed by atoms with E-state index in [-0.39, 0.29) is 12.2 Å². The summed E-state index contributed by atoms with van der Waals surface area (Å²) >= 11 is 0. The predicted octanol–water partition coefficient (Wildman–Crippen LogP) is 4.15. The third-order valence-electron chi connectivity index (χ3n) is 9.06. The Balaban J connectivity index is 1.40. The highest BCUT2D eigenvalue weighted by Gasteiger charge is 2.50. The topological polar surface area (TPSA) is 67.2 Å². The maximum Gasteiger partial charge on any atom is 0.418 e. The Labute approximate surface area is 213 Å². The van der Waals surface area contributed by atoms with Crippen molar-refractivity contribution in [2.75, 3.05) is 52.9 Å². The number of piperidine rings is 2. The summed E-state index contributed by atoms with van der Waals surface area (Å²) < 4.78 is 13.3. The second kappa shape index (κ2) is 9.38. The Hall–Kier alpha value is -2.58. The molecule has 36 heavy (non-hydrogen) atoms. The molecule has 4 fully saturated rings. The summed E-state index contributed by atoms with van der Waals surface area (Å²) in [6.45, 7) is 9.73. The minimum absolute atomic E-state index is 0.297. The van der Waals surface area contributed by atoms with Crippen molar-refractivity contribution in [3.8, 4) is 5.75 Å². The molecule has 1 saturated carbocycles. The number of amides is 1. The number of fused-ring (bicyclic) bond motifs is 4. The van der Waals surface area contributed by atoms with Crippen LogP contribution in [-0.4, -0.2) is 90.4 Å². The minimum Gasteiger partial charge on any atom is -0.449 e. The first-order valence-corrected chi connectivity index (χ1v) is 13.7. The van der Waals surface area contributed by atoms with Gasteiger partial charge in [0.1, 0.15) is 5.75 Å². The molecule has 5 heterocycles. The Morgan fingerprint density at radius 1 is 1.03 bits per heavy atom. The summed E-state index contributed by atoms with van der Waals surface area (Å²) in [7, 11) is 2.07. The van der Waals surface area contributed by atoms with Gasteiger partial charge in [-0.15, -0.1) is 0 Å². The van der Waals surface area contributed by atoms with Crippen LogP contribution in [0, 0.1) is 11.8 Å². The van der Waals surface area contributed by atoms with Crippen molar-refractivity contribution in [2.24, 2.45) is 11.8 Å². The summed E-state index contributed by atoms with van der Waals surface area (Å²) in [5.41, 5.74) is 3.23. The zero-order chi connectivity index (χ0) is 25.0. The predicted molar refractivity (Wildman–Crippen MR) is 138 cm³/mol. The molecule has 194 valence electrons. The number of likely N-dealkylation sites (N-methyl/N-ethyl adjacent to an activating group) is 1. The largest absolute Gasteiger partial charge is 0.449 e. The molecule has 2 unspecified atom stereocenters. The number of carbonyl (C=O) groups excluding carboxylic acids is 2. The van der Waals surface area contributed by atoms with E-state index in [2.05, 4.69) is 23.8 Å². The monoisotopic (exact) mass is 494 g/mol. The Bertz CT molecular complexity index is 1170. The normalized spacial score (nSPS) is 29.6. The smallest absolute Gasteiger partial charge is 0.418 e. The molecule has 3 saturated heterocycles. The molecule has 0 radical (unpaired) electrons. The minimum atomic E-state index is -0.302. The lowest BCUT2D eigenvalue weighted by Gasteiger charge is -2.53. The maximum atomic E-state index is 13.3. The van der Waals surface area contributed by atoms with Crippen LogP contribution in [0.3, 0.4) is 0 Å². The summed E-state index contributed by atoms with van der Waals surface area (Å²) in [6, 6.07) is 6.20. The van der Waals surface area contributed by atoms with Crippen LogP contribution in [0.4, 0.5) is 9.59 Å². The molecule has 7 rings (SSSR count). The highest BCUT2D eigenvalue weighted by molar-refractivity contribution is 5.95. The molecule has 4 bridgehead atoms. The molecule has 4 aliphatic heterocycles. The second-order valence-electron chi connectivity index (χ2n) is 11.1. The van der Waals surface area contributed by atoms with Crippen LogP contribution in [0.1, 0.15) is 50.3 Å². The fraction of sp³-hybridized carbons (Fsp3) is 0.643. The van der Waals surface area contributed by atoms with E-state index in [0.717, 1.165) is 49.1 Å². The van der Waals surface area contributed by atoms with Crippen LogP contribution in [0.2, 0.25) is 0 Å². The standard InChI is InChI=1S/C28H38N4O4/c1-4-19-14-18-15-23-25(19)31(17-18)9-8-21-22-16-20(36-27(33)30-12-10-29(3)11-13-30)6-7-24(22)32(26(21)23)28(34)35-5-2/h6-7,16,18-19,23,25H,4-5,8-15,17H2,1-3H3/t18-,19-,23+,25?/m0/s1. The number of hydrogen-bond acceptors (Lipinski definition) is 6. The number of benzene rings is 1. The molecule has 0 N–H and O–H groups in total. The molecular weight excluding hydrogens is 456 g/mol. The lowest BCUT2D eigenvalue weighted by molar-refractivity contribution is -0.0141. The van der Waals surface area contributed by atoms with Gasteiger partial charge in [0.2, 0.25) is 0 Å². The molecule has 1 amide bonds. The van der Waals surface area contributed by atoms with Gasteiger partial charge in [0, 0.05) is 62.3 Å². The molecule has 5 aliphatic rings. The zero-order valence-electron chi connectivity index (χ0n) is 21.7. The summed E-state index contributed by atoms with van der Waals surface area (Å²) in [4.78, 5) is 32.9. The van der Waals surface area contributed by atoms with Crippen molar-refractivity contribution in [3.63, 3.8) is 0 Å². The van der Waals surface area contributed by atoms with Crippen molar-refractivity contribution in [1.29, 1.82) is 0 Å². The molecule has 5 atom stereocenters. The lowest BCUT2D eigenvalue weighted by atomic mass is 9.65. The molecule has 0 spiro atoms. The first kappa shape index (κ1) is 23.8. The zero-order valence-corrected chi connectivity index (χ0v) is 21.7. The van der Waals surface area contributed by atoms with Crippen molar-refractivity contribution in [3.05, 3.63) is 29.5 Å². The lowest BCUT2D eigenvalue weighted by Crippen LogP contribution is -2.56. The van der Waals surface area contributed by atoms with Gasteiger partial charge in [-0.05, 0) is 68.8 Å². The third-order valence-corrected chi connectivity index (χ3v) is 9.06. The molecule has 2 aromatic rings. The van der Waals surface area contributed by atoms with Crippen LogP contribution in [0.15, 0.2) is 18.2 Å². The van der Waals surface area contributed by atoms with Crippen molar-refractivity contribution < 1.29 is 19.1 Å².